The number of benzene rings is 2. The fraction of sp³-hybridized carbons (Fsp3) is 0.350. The third-order valence-corrected chi connectivity index (χ3v) is 6.96. The van der Waals surface area contributed by atoms with E-state index in [-0.39, 0.29) is 31.7 Å². The molecule has 0 atom stereocenters. The van der Waals surface area contributed by atoms with Crippen LogP contribution in [0.15, 0.2) is 47.4 Å². The number of carboxylic acid groups (broad SMARTS) is 1. The van der Waals surface area contributed by atoms with E-state index in [1.807, 2.05) is 0 Å². The summed E-state index contributed by atoms with van der Waals surface area (Å²) in [7, 11) is -4.37. The van der Waals surface area contributed by atoms with Gasteiger partial charge in [-0.25, -0.2) is 8.42 Å². The zero-order valence-corrected chi connectivity index (χ0v) is 17.6. The summed E-state index contributed by atoms with van der Waals surface area (Å²) in [6, 6.07) is 6.30. The van der Waals surface area contributed by atoms with Gasteiger partial charge >= 0.3 is 18.3 Å². The van der Waals surface area contributed by atoms with Gasteiger partial charge in [0.1, 0.15) is 0 Å². The number of carboxylic acids is 1. The lowest BCUT2D eigenvalue weighted by Gasteiger charge is -2.35. The van der Waals surface area contributed by atoms with Gasteiger partial charge in [0.25, 0.3) is 0 Å². The summed E-state index contributed by atoms with van der Waals surface area (Å²) < 4.78 is 105. The van der Waals surface area contributed by atoms with Crippen molar-refractivity contribution in [1.82, 2.24) is 4.31 Å². The number of aliphatic carboxylic acids is 1. The highest BCUT2D eigenvalue weighted by Gasteiger charge is 2.35. The van der Waals surface area contributed by atoms with Crippen molar-refractivity contribution in [3.63, 3.8) is 0 Å². The molecule has 1 heterocycles. The van der Waals surface area contributed by atoms with Gasteiger partial charge in [0, 0.05) is 31.9 Å². The van der Waals surface area contributed by atoms with Crippen LogP contribution in [0, 0.1) is 0 Å². The molecule has 1 aliphatic rings. The Morgan fingerprint density at radius 2 is 1.39 bits per heavy atom. The molecule has 2 aromatic rings. The minimum Gasteiger partial charge on any atom is -0.481 e. The predicted molar refractivity (Wildman–Crippen MR) is 105 cm³/mol. The minimum atomic E-state index is -4.87. The third kappa shape index (κ3) is 5.77. The maximum atomic E-state index is 13.2. The monoisotopic (exact) mass is 496 g/mol. The van der Waals surface area contributed by atoms with E-state index in [1.54, 1.807) is 4.90 Å². The van der Waals surface area contributed by atoms with Gasteiger partial charge in [0.05, 0.1) is 22.4 Å². The first-order valence-electron chi connectivity index (χ1n) is 9.53. The zero-order chi connectivity index (χ0) is 24.6. The molecule has 0 spiro atoms. The van der Waals surface area contributed by atoms with Crippen molar-refractivity contribution in [3.8, 4) is 0 Å². The van der Waals surface area contributed by atoms with Crippen molar-refractivity contribution in [2.45, 2.75) is 23.7 Å². The van der Waals surface area contributed by atoms with Crippen LogP contribution in [0.5, 0.6) is 0 Å². The van der Waals surface area contributed by atoms with Crippen LogP contribution in [-0.2, 0) is 33.6 Å². The first kappa shape index (κ1) is 24.8. The average molecular weight is 496 g/mol. The van der Waals surface area contributed by atoms with Crippen molar-refractivity contribution in [3.05, 3.63) is 59.2 Å². The lowest BCUT2D eigenvalue weighted by Crippen LogP contribution is -2.48. The summed E-state index contributed by atoms with van der Waals surface area (Å²) >= 11 is 0. The Morgan fingerprint density at radius 3 is 1.88 bits per heavy atom. The molecule has 6 nitrogen and oxygen atoms in total. The van der Waals surface area contributed by atoms with E-state index >= 15 is 0 Å². The Hall–Kier alpha value is -2.80. The van der Waals surface area contributed by atoms with E-state index in [2.05, 4.69) is 0 Å². The maximum Gasteiger partial charge on any atom is 0.416 e. The Kier molecular flexibility index (Phi) is 6.67. The molecule has 13 heteroatoms. The van der Waals surface area contributed by atoms with Crippen molar-refractivity contribution < 1.29 is 44.7 Å². The fourth-order valence-corrected chi connectivity index (χ4v) is 4.97. The molecular weight excluding hydrogens is 478 g/mol. The summed E-state index contributed by atoms with van der Waals surface area (Å²) in [6.45, 7) is -0.0290. The summed E-state index contributed by atoms with van der Waals surface area (Å²) in [5.41, 5.74) is -1.96. The number of alkyl halides is 6. The average Bonchev–Trinajstić information content (AvgIpc) is 2.72. The molecule has 1 saturated heterocycles. The van der Waals surface area contributed by atoms with E-state index in [4.69, 9.17) is 5.11 Å². The largest absolute Gasteiger partial charge is 0.481 e. The second kappa shape index (κ2) is 8.86. The summed E-state index contributed by atoms with van der Waals surface area (Å²) in [5.74, 6) is -1.41. The molecule has 1 aliphatic heterocycles. The van der Waals surface area contributed by atoms with Crippen molar-refractivity contribution in [2.75, 3.05) is 31.1 Å². The molecule has 1 fully saturated rings. The van der Waals surface area contributed by atoms with E-state index < -0.39 is 50.8 Å². The lowest BCUT2D eigenvalue weighted by molar-refractivity contribution is -0.139. The zero-order valence-electron chi connectivity index (χ0n) is 16.8. The normalized spacial score (nSPS) is 16.1. The molecule has 3 rings (SSSR count). The van der Waals surface area contributed by atoms with Gasteiger partial charge < -0.3 is 10.0 Å². The van der Waals surface area contributed by atoms with Gasteiger partial charge in [-0.2, -0.15) is 30.6 Å². The van der Waals surface area contributed by atoms with E-state index in [0.717, 1.165) is 22.5 Å². The van der Waals surface area contributed by atoms with Gasteiger partial charge in [-0.1, -0.05) is 0 Å². The highest BCUT2D eigenvalue weighted by molar-refractivity contribution is 7.89. The molecule has 0 bridgehead atoms. The Morgan fingerprint density at radius 1 is 0.848 bits per heavy atom. The second-order valence-corrected chi connectivity index (χ2v) is 9.31. The second-order valence-electron chi connectivity index (χ2n) is 7.37. The number of sulfonamides is 1. The van der Waals surface area contributed by atoms with Crippen LogP contribution < -0.4 is 4.90 Å². The van der Waals surface area contributed by atoms with Crippen LogP contribution >= 0.6 is 0 Å². The third-order valence-electron chi connectivity index (χ3n) is 5.09. The number of piperazine rings is 1. The molecule has 0 aliphatic carbocycles. The number of hydrogen-bond donors (Lipinski definition) is 1. The molecule has 0 amide bonds. The number of carbonyl (C=O) groups is 1. The highest BCUT2D eigenvalue weighted by atomic mass is 32.2. The van der Waals surface area contributed by atoms with Crippen molar-refractivity contribution in [1.29, 1.82) is 0 Å². The highest BCUT2D eigenvalue weighted by Crippen LogP contribution is 2.34. The van der Waals surface area contributed by atoms with Crippen LogP contribution in [0.3, 0.4) is 0 Å². The molecule has 33 heavy (non-hydrogen) atoms. The van der Waals surface area contributed by atoms with E-state index in [9.17, 15) is 39.6 Å². The fourth-order valence-electron chi connectivity index (χ4n) is 3.45. The van der Waals surface area contributed by atoms with Gasteiger partial charge in [-0.15, -0.1) is 0 Å². The molecule has 180 valence electrons. The van der Waals surface area contributed by atoms with Crippen LogP contribution in [0.2, 0.25) is 0 Å². The van der Waals surface area contributed by atoms with Gasteiger partial charge in [-0.05, 0) is 48.0 Å². The standard InChI is InChI=1S/C20H18F6N2O4S/c21-19(22,23)14-1-3-16(4-2-14)27-5-7-28(8-6-27)33(31,32)17-10-13(11-18(29)30)9-15(12-17)20(24,25)26/h1-4,9-10,12H,5-8,11H2,(H,29,30). The van der Waals surface area contributed by atoms with E-state index in [1.165, 1.54) is 12.1 Å². The summed E-state index contributed by atoms with van der Waals surface area (Å²) in [4.78, 5) is 11.9. The summed E-state index contributed by atoms with van der Waals surface area (Å²) in [5, 5.41) is 8.89. The number of halogens is 6. The summed E-state index contributed by atoms with van der Waals surface area (Å²) in [6.07, 6.45) is -10.1. The van der Waals surface area contributed by atoms with Crippen LogP contribution in [-0.4, -0.2) is 50.0 Å². The molecule has 0 saturated carbocycles. The molecule has 1 N–H and O–H groups in total. The molecule has 0 radical (unpaired) electrons. The molecule has 0 aromatic heterocycles. The first-order chi connectivity index (χ1) is 15.2. The number of anilines is 1. The Balaban J connectivity index is 1.80. The molecule has 2 aromatic carbocycles. The van der Waals surface area contributed by atoms with Crippen molar-refractivity contribution in [2.24, 2.45) is 0 Å². The van der Waals surface area contributed by atoms with Gasteiger partial charge in [-0.3, -0.25) is 4.79 Å². The number of hydrogen-bond acceptors (Lipinski definition) is 4. The number of nitrogens with zero attached hydrogens (tertiary/aromatic N) is 2. The van der Waals surface area contributed by atoms with Crippen LogP contribution in [0.4, 0.5) is 32.0 Å². The van der Waals surface area contributed by atoms with Gasteiger partial charge in [0.15, 0.2) is 0 Å². The van der Waals surface area contributed by atoms with Crippen LogP contribution in [0.25, 0.3) is 0 Å². The Labute approximate surface area is 185 Å². The minimum absolute atomic E-state index is 0.103. The number of rotatable bonds is 5. The topological polar surface area (TPSA) is 77.9 Å². The Bertz CT molecular complexity index is 1120. The van der Waals surface area contributed by atoms with Crippen molar-refractivity contribution >= 4 is 21.7 Å². The first-order valence-corrected chi connectivity index (χ1v) is 11.0. The maximum absolute atomic E-state index is 13.2. The SMILES string of the molecule is O=C(O)Cc1cc(C(F)(F)F)cc(S(=O)(=O)N2CCN(c3ccc(C(F)(F)F)cc3)CC2)c1. The van der Waals surface area contributed by atoms with Crippen LogP contribution in [0.1, 0.15) is 16.7 Å². The predicted octanol–water partition coefficient (Wildman–Crippen LogP) is 3.86. The lowest BCUT2D eigenvalue weighted by atomic mass is 10.1. The van der Waals surface area contributed by atoms with Gasteiger partial charge in [0.2, 0.25) is 10.0 Å². The molecular formula is C20H18F6N2O4S. The van der Waals surface area contributed by atoms with E-state index in [0.29, 0.717) is 17.8 Å². The molecule has 0 unspecified atom stereocenters. The quantitative estimate of drug-likeness (QED) is 0.637. The smallest absolute Gasteiger partial charge is 0.416 e.